The molecular formula is C26H29N3O3. The van der Waals surface area contributed by atoms with Crippen LogP contribution in [0.15, 0.2) is 78.9 Å². The van der Waals surface area contributed by atoms with Gasteiger partial charge in [-0.05, 0) is 69.3 Å². The molecular weight excluding hydrogens is 402 g/mol. The van der Waals surface area contributed by atoms with Crippen LogP contribution in [0.4, 0.5) is 17.1 Å². The van der Waals surface area contributed by atoms with Gasteiger partial charge in [0.2, 0.25) is 5.91 Å². The molecule has 0 unspecified atom stereocenters. The van der Waals surface area contributed by atoms with Crippen molar-refractivity contribution in [2.75, 3.05) is 28.6 Å². The van der Waals surface area contributed by atoms with Gasteiger partial charge in [0.25, 0.3) is 5.91 Å². The maximum absolute atomic E-state index is 12.9. The quantitative estimate of drug-likeness (QED) is 0.489. The lowest BCUT2D eigenvalue weighted by Crippen LogP contribution is -2.30. The summed E-state index contributed by atoms with van der Waals surface area (Å²) in [5.74, 6) is 0.489. The highest BCUT2D eigenvalue weighted by Crippen LogP contribution is 2.19. The monoisotopic (exact) mass is 431 g/mol. The number of anilines is 3. The van der Waals surface area contributed by atoms with Gasteiger partial charge in [-0.25, -0.2) is 0 Å². The fraction of sp³-hybridized carbons (Fsp3) is 0.231. The molecule has 2 amide bonds. The molecule has 32 heavy (non-hydrogen) atoms. The number of benzene rings is 3. The van der Waals surface area contributed by atoms with Gasteiger partial charge in [-0.3, -0.25) is 9.59 Å². The van der Waals surface area contributed by atoms with E-state index in [1.807, 2.05) is 75.4 Å². The lowest BCUT2D eigenvalue weighted by Gasteiger charge is -2.21. The van der Waals surface area contributed by atoms with E-state index in [0.29, 0.717) is 17.8 Å². The van der Waals surface area contributed by atoms with E-state index in [1.54, 1.807) is 29.2 Å². The van der Waals surface area contributed by atoms with E-state index < -0.39 is 0 Å². The summed E-state index contributed by atoms with van der Waals surface area (Å²) in [4.78, 5) is 26.9. The second kappa shape index (κ2) is 11.0. The van der Waals surface area contributed by atoms with Crippen molar-refractivity contribution in [1.29, 1.82) is 0 Å². The molecule has 0 saturated carbocycles. The fourth-order valence-electron chi connectivity index (χ4n) is 3.24. The molecule has 0 fully saturated rings. The SMILES string of the molecule is CCN(C(=O)c1ccc(NC(=O)CNc2cccc(OC(C)C)c2)cc1)c1ccccc1. The zero-order valence-electron chi connectivity index (χ0n) is 18.7. The third-order valence-corrected chi connectivity index (χ3v) is 4.70. The lowest BCUT2D eigenvalue weighted by atomic mass is 10.1. The first kappa shape index (κ1) is 22.9. The molecule has 0 aromatic heterocycles. The Morgan fingerprint density at radius 3 is 2.28 bits per heavy atom. The minimum atomic E-state index is -0.182. The molecule has 3 rings (SSSR count). The second-order valence-electron chi connectivity index (χ2n) is 7.56. The van der Waals surface area contributed by atoms with Gasteiger partial charge in [-0.15, -0.1) is 0 Å². The van der Waals surface area contributed by atoms with Gasteiger partial charge in [0, 0.05) is 35.2 Å². The van der Waals surface area contributed by atoms with Crippen molar-refractivity contribution in [1.82, 2.24) is 0 Å². The minimum Gasteiger partial charge on any atom is -0.491 e. The van der Waals surface area contributed by atoms with Crippen molar-refractivity contribution in [3.05, 3.63) is 84.4 Å². The maximum Gasteiger partial charge on any atom is 0.258 e. The Labute approximate surface area is 189 Å². The third kappa shape index (κ3) is 6.35. The summed E-state index contributed by atoms with van der Waals surface area (Å²) in [5.41, 5.74) is 2.85. The average molecular weight is 432 g/mol. The number of nitrogens with zero attached hydrogens (tertiary/aromatic N) is 1. The first-order valence-corrected chi connectivity index (χ1v) is 10.7. The first-order valence-electron chi connectivity index (χ1n) is 10.7. The van der Waals surface area contributed by atoms with Crippen molar-refractivity contribution >= 4 is 28.9 Å². The van der Waals surface area contributed by atoms with E-state index in [1.165, 1.54) is 0 Å². The first-order chi connectivity index (χ1) is 15.5. The molecule has 0 aliphatic heterocycles. The van der Waals surface area contributed by atoms with Gasteiger partial charge >= 0.3 is 0 Å². The molecule has 0 saturated heterocycles. The van der Waals surface area contributed by atoms with Gasteiger partial charge < -0.3 is 20.3 Å². The van der Waals surface area contributed by atoms with E-state index in [9.17, 15) is 9.59 Å². The van der Waals surface area contributed by atoms with Gasteiger partial charge in [0.05, 0.1) is 12.6 Å². The molecule has 0 heterocycles. The summed E-state index contributed by atoms with van der Waals surface area (Å²) < 4.78 is 5.67. The maximum atomic E-state index is 12.9. The standard InChI is InChI=1S/C26H29N3O3/c1-4-29(23-10-6-5-7-11-23)26(31)20-13-15-21(16-14-20)28-25(30)18-27-22-9-8-12-24(17-22)32-19(2)3/h5-17,19,27H,4,18H2,1-3H3,(H,28,30). The molecule has 0 bridgehead atoms. The molecule has 6 nitrogen and oxygen atoms in total. The number of hydrogen-bond acceptors (Lipinski definition) is 4. The largest absolute Gasteiger partial charge is 0.491 e. The van der Waals surface area contributed by atoms with Crippen LogP contribution in [0.1, 0.15) is 31.1 Å². The predicted octanol–water partition coefficient (Wildman–Crippen LogP) is 5.19. The topological polar surface area (TPSA) is 70.7 Å². The number of amides is 2. The molecule has 6 heteroatoms. The van der Waals surface area contributed by atoms with Crippen molar-refractivity contribution < 1.29 is 14.3 Å². The number of para-hydroxylation sites is 1. The molecule has 0 radical (unpaired) electrons. The number of carbonyl (C=O) groups excluding carboxylic acids is 2. The van der Waals surface area contributed by atoms with E-state index in [4.69, 9.17) is 4.74 Å². The van der Waals surface area contributed by atoms with Crippen LogP contribution < -0.4 is 20.3 Å². The van der Waals surface area contributed by atoms with Crippen LogP contribution >= 0.6 is 0 Å². The summed E-state index contributed by atoms with van der Waals surface area (Å²) in [6.45, 7) is 6.55. The molecule has 166 valence electrons. The molecule has 3 aromatic carbocycles. The van der Waals surface area contributed by atoms with E-state index in [0.717, 1.165) is 17.1 Å². The van der Waals surface area contributed by atoms with Crippen LogP contribution in [0.5, 0.6) is 5.75 Å². The van der Waals surface area contributed by atoms with Crippen molar-refractivity contribution in [2.24, 2.45) is 0 Å². The van der Waals surface area contributed by atoms with Crippen LogP contribution in [0, 0.1) is 0 Å². The van der Waals surface area contributed by atoms with Gasteiger partial charge in [-0.2, -0.15) is 0 Å². The third-order valence-electron chi connectivity index (χ3n) is 4.70. The second-order valence-corrected chi connectivity index (χ2v) is 7.56. The number of carbonyl (C=O) groups is 2. The van der Waals surface area contributed by atoms with Gasteiger partial charge in [0.1, 0.15) is 5.75 Å². The Morgan fingerprint density at radius 2 is 1.62 bits per heavy atom. The Bertz CT molecular complexity index is 1030. The molecule has 3 aromatic rings. The average Bonchev–Trinajstić information content (AvgIpc) is 2.79. The highest BCUT2D eigenvalue weighted by atomic mass is 16.5. The highest BCUT2D eigenvalue weighted by molar-refractivity contribution is 6.06. The van der Waals surface area contributed by atoms with E-state index in [-0.39, 0.29) is 24.5 Å². The number of rotatable bonds is 9. The Kier molecular flexibility index (Phi) is 7.86. The van der Waals surface area contributed by atoms with Crippen LogP contribution in [-0.4, -0.2) is 31.0 Å². The lowest BCUT2D eigenvalue weighted by molar-refractivity contribution is -0.114. The predicted molar refractivity (Wildman–Crippen MR) is 130 cm³/mol. The zero-order chi connectivity index (χ0) is 22.9. The normalized spacial score (nSPS) is 10.5. The molecule has 0 aliphatic carbocycles. The summed E-state index contributed by atoms with van der Waals surface area (Å²) >= 11 is 0. The molecule has 0 aliphatic rings. The van der Waals surface area contributed by atoms with Crippen LogP contribution in [-0.2, 0) is 4.79 Å². The van der Waals surface area contributed by atoms with Crippen LogP contribution in [0.2, 0.25) is 0 Å². The Hall–Kier alpha value is -3.80. The van der Waals surface area contributed by atoms with Gasteiger partial charge in [-0.1, -0.05) is 24.3 Å². The highest BCUT2D eigenvalue weighted by Gasteiger charge is 2.16. The van der Waals surface area contributed by atoms with Crippen molar-refractivity contribution in [3.8, 4) is 5.75 Å². The summed E-state index contributed by atoms with van der Waals surface area (Å²) in [5, 5.41) is 5.94. The van der Waals surface area contributed by atoms with Crippen molar-refractivity contribution in [2.45, 2.75) is 26.9 Å². The smallest absolute Gasteiger partial charge is 0.258 e. The van der Waals surface area contributed by atoms with Crippen LogP contribution in [0.25, 0.3) is 0 Å². The molecule has 2 N–H and O–H groups in total. The minimum absolute atomic E-state index is 0.0817. The summed E-state index contributed by atoms with van der Waals surface area (Å²) in [6.07, 6.45) is 0.0838. The zero-order valence-corrected chi connectivity index (χ0v) is 18.7. The van der Waals surface area contributed by atoms with E-state index in [2.05, 4.69) is 10.6 Å². The molecule has 0 spiro atoms. The Morgan fingerprint density at radius 1 is 0.906 bits per heavy atom. The summed E-state index contributed by atoms with van der Waals surface area (Å²) in [7, 11) is 0. The molecule has 0 atom stereocenters. The number of nitrogens with one attached hydrogen (secondary N) is 2. The number of ether oxygens (including phenoxy) is 1. The number of hydrogen-bond donors (Lipinski definition) is 2. The Balaban J connectivity index is 1.56. The van der Waals surface area contributed by atoms with Gasteiger partial charge in [0.15, 0.2) is 0 Å². The van der Waals surface area contributed by atoms with Crippen molar-refractivity contribution in [3.63, 3.8) is 0 Å². The van der Waals surface area contributed by atoms with E-state index >= 15 is 0 Å². The summed E-state index contributed by atoms with van der Waals surface area (Å²) in [6, 6.07) is 24.0. The van der Waals surface area contributed by atoms with Crippen LogP contribution in [0.3, 0.4) is 0 Å². The fourth-order valence-corrected chi connectivity index (χ4v) is 3.24.